The second-order valence-electron chi connectivity index (χ2n) is 6.99. The van der Waals surface area contributed by atoms with Crippen molar-refractivity contribution in [2.75, 3.05) is 11.4 Å². The molecule has 1 N–H and O–H groups in total. The number of hydrogen-bond donors (Lipinski definition) is 1. The number of aromatic nitrogens is 1. The topological polar surface area (TPSA) is 62.3 Å². The van der Waals surface area contributed by atoms with E-state index in [1.54, 1.807) is 29.3 Å². The van der Waals surface area contributed by atoms with Crippen LogP contribution in [0.5, 0.6) is 0 Å². The van der Waals surface area contributed by atoms with Crippen LogP contribution < -0.4 is 10.2 Å². The molecule has 2 aromatic carbocycles. The third kappa shape index (κ3) is 4.30. The van der Waals surface area contributed by atoms with E-state index in [4.69, 9.17) is 11.6 Å². The Kier molecular flexibility index (Phi) is 5.58. The van der Waals surface area contributed by atoms with Crippen molar-refractivity contribution in [1.82, 2.24) is 10.3 Å². The number of amides is 2. The minimum atomic E-state index is -0.434. The van der Waals surface area contributed by atoms with E-state index < -0.39 is 5.92 Å². The molecule has 2 unspecified atom stereocenters. The fourth-order valence-corrected chi connectivity index (χ4v) is 3.74. The smallest absolute Gasteiger partial charge is 0.227 e. The van der Waals surface area contributed by atoms with Crippen LogP contribution in [0.1, 0.15) is 23.7 Å². The second kappa shape index (κ2) is 8.45. The summed E-state index contributed by atoms with van der Waals surface area (Å²) >= 11 is 6.05. The highest BCUT2D eigenvalue weighted by atomic mass is 35.5. The van der Waals surface area contributed by atoms with Crippen molar-refractivity contribution < 1.29 is 9.59 Å². The predicted molar refractivity (Wildman–Crippen MR) is 113 cm³/mol. The van der Waals surface area contributed by atoms with E-state index >= 15 is 0 Å². The first-order valence-electron chi connectivity index (χ1n) is 9.44. The first kappa shape index (κ1) is 19.2. The Labute approximate surface area is 174 Å². The van der Waals surface area contributed by atoms with Crippen LogP contribution in [-0.4, -0.2) is 23.3 Å². The highest BCUT2D eigenvalue weighted by Crippen LogP contribution is 2.28. The summed E-state index contributed by atoms with van der Waals surface area (Å²) in [6, 6.07) is 22.1. The van der Waals surface area contributed by atoms with Crippen LogP contribution in [0.2, 0.25) is 5.02 Å². The average Bonchev–Trinajstić information content (AvgIpc) is 3.15. The largest absolute Gasteiger partial charge is 0.343 e. The summed E-state index contributed by atoms with van der Waals surface area (Å²) in [5.74, 6) is -0.680. The molecule has 0 saturated carbocycles. The number of halogens is 1. The van der Waals surface area contributed by atoms with E-state index in [1.165, 1.54) is 0 Å². The van der Waals surface area contributed by atoms with Crippen LogP contribution >= 0.6 is 11.6 Å². The number of carbonyl (C=O) groups is 2. The molecule has 4 rings (SSSR count). The highest BCUT2D eigenvalue weighted by molar-refractivity contribution is 6.31. The molecule has 3 aromatic rings. The second-order valence-corrected chi connectivity index (χ2v) is 7.43. The summed E-state index contributed by atoms with van der Waals surface area (Å²) in [4.78, 5) is 31.6. The number of carbonyl (C=O) groups excluding carboxylic acids is 2. The van der Waals surface area contributed by atoms with E-state index in [2.05, 4.69) is 10.3 Å². The fourth-order valence-electron chi connectivity index (χ4n) is 3.56. The summed E-state index contributed by atoms with van der Waals surface area (Å²) in [6.45, 7) is 0.328. The Morgan fingerprint density at radius 1 is 1.07 bits per heavy atom. The number of rotatable bonds is 5. The van der Waals surface area contributed by atoms with Gasteiger partial charge in [0.1, 0.15) is 0 Å². The summed E-state index contributed by atoms with van der Waals surface area (Å²) < 4.78 is 0. The van der Waals surface area contributed by atoms with Crippen LogP contribution in [0.4, 0.5) is 5.69 Å². The zero-order valence-corrected chi connectivity index (χ0v) is 16.4. The maximum absolute atomic E-state index is 13.0. The normalized spacial score (nSPS) is 17.2. The molecule has 5 nitrogen and oxygen atoms in total. The van der Waals surface area contributed by atoms with Crippen molar-refractivity contribution in [1.29, 1.82) is 0 Å². The van der Waals surface area contributed by atoms with Crippen LogP contribution in [0, 0.1) is 5.92 Å². The molecule has 1 aromatic heterocycles. The third-order valence-electron chi connectivity index (χ3n) is 5.02. The van der Waals surface area contributed by atoms with Gasteiger partial charge in [0.25, 0.3) is 0 Å². The lowest BCUT2D eigenvalue weighted by atomic mass is 10.0. The van der Waals surface area contributed by atoms with Crippen molar-refractivity contribution >= 4 is 29.1 Å². The average molecular weight is 406 g/mol. The Morgan fingerprint density at radius 3 is 2.59 bits per heavy atom. The molecule has 0 spiro atoms. The molecule has 2 atom stereocenters. The minimum absolute atomic E-state index is 0.0819. The molecular weight excluding hydrogens is 386 g/mol. The molecule has 1 aliphatic heterocycles. The van der Waals surface area contributed by atoms with Gasteiger partial charge in [-0.25, -0.2) is 0 Å². The zero-order valence-electron chi connectivity index (χ0n) is 15.7. The van der Waals surface area contributed by atoms with Gasteiger partial charge in [-0.1, -0.05) is 54.1 Å². The van der Waals surface area contributed by atoms with Crippen LogP contribution in [0.25, 0.3) is 0 Å². The Balaban J connectivity index is 1.53. The Hall–Kier alpha value is -3.18. The van der Waals surface area contributed by atoms with Gasteiger partial charge in [-0.15, -0.1) is 0 Å². The van der Waals surface area contributed by atoms with E-state index in [-0.39, 0.29) is 24.3 Å². The van der Waals surface area contributed by atoms with E-state index in [9.17, 15) is 9.59 Å². The Morgan fingerprint density at radius 2 is 1.86 bits per heavy atom. The molecule has 1 aliphatic rings. The maximum Gasteiger partial charge on any atom is 0.227 e. The van der Waals surface area contributed by atoms with Crippen molar-refractivity contribution in [2.24, 2.45) is 5.92 Å². The summed E-state index contributed by atoms with van der Waals surface area (Å²) in [7, 11) is 0. The standard InChI is InChI=1S/C23H20ClN3O2/c24-18-9-6-10-19(14-18)27-15-17(13-21(27)28)23(29)26-22(16-7-2-1-3-8-16)20-11-4-5-12-25-20/h1-12,14,17,22H,13,15H2,(H,26,29). The molecule has 1 saturated heterocycles. The predicted octanol–water partition coefficient (Wildman–Crippen LogP) is 3.99. The molecule has 29 heavy (non-hydrogen) atoms. The number of benzene rings is 2. The van der Waals surface area contributed by atoms with Gasteiger partial charge in [-0.3, -0.25) is 14.6 Å². The number of pyridine rings is 1. The molecule has 2 amide bonds. The van der Waals surface area contributed by atoms with Gasteiger partial charge < -0.3 is 10.2 Å². The SMILES string of the molecule is O=C(NC(c1ccccc1)c1ccccn1)C1CC(=O)N(c2cccc(Cl)c2)C1. The molecule has 2 heterocycles. The van der Waals surface area contributed by atoms with Gasteiger partial charge in [0.05, 0.1) is 17.7 Å². The number of anilines is 1. The summed E-state index contributed by atoms with van der Waals surface area (Å²) in [6.07, 6.45) is 1.87. The third-order valence-corrected chi connectivity index (χ3v) is 5.25. The summed E-state index contributed by atoms with van der Waals surface area (Å²) in [5, 5.41) is 3.65. The minimum Gasteiger partial charge on any atom is -0.343 e. The molecule has 0 bridgehead atoms. The van der Waals surface area contributed by atoms with Crippen molar-refractivity contribution in [3.63, 3.8) is 0 Å². The van der Waals surface area contributed by atoms with Gasteiger partial charge >= 0.3 is 0 Å². The van der Waals surface area contributed by atoms with Gasteiger partial charge in [-0.05, 0) is 35.9 Å². The maximum atomic E-state index is 13.0. The number of nitrogens with zero attached hydrogens (tertiary/aromatic N) is 2. The highest BCUT2D eigenvalue weighted by Gasteiger charge is 2.36. The van der Waals surface area contributed by atoms with Crippen LogP contribution in [0.3, 0.4) is 0 Å². The molecular formula is C23H20ClN3O2. The van der Waals surface area contributed by atoms with Gasteiger partial charge in [0.2, 0.25) is 11.8 Å². The lowest BCUT2D eigenvalue weighted by Gasteiger charge is -2.21. The zero-order chi connectivity index (χ0) is 20.2. The lowest BCUT2D eigenvalue weighted by molar-refractivity contribution is -0.126. The van der Waals surface area contributed by atoms with Crippen molar-refractivity contribution in [3.8, 4) is 0 Å². The van der Waals surface area contributed by atoms with Crippen molar-refractivity contribution in [2.45, 2.75) is 12.5 Å². The van der Waals surface area contributed by atoms with E-state index in [0.29, 0.717) is 17.3 Å². The first-order valence-corrected chi connectivity index (χ1v) is 9.82. The molecule has 1 fully saturated rings. The quantitative estimate of drug-likeness (QED) is 0.698. The van der Waals surface area contributed by atoms with Gasteiger partial charge in [-0.2, -0.15) is 0 Å². The van der Waals surface area contributed by atoms with Crippen LogP contribution in [-0.2, 0) is 9.59 Å². The number of hydrogen-bond acceptors (Lipinski definition) is 3. The van der Waals surface area contributed by atoms with E-state index in [0.717, 1.165) is 11.3 Å². The van der Waals surface area contributed by atoms with Gasteiger partial charge in [0, 0.05) is 29.9 Å². The van der Waals surface area contributed by atoms with Crippen LogP contribution in [0.15, 0.2) is 79.0 Å². The van der Waals surface area contributed by atoms with Gasteiger partial charge in [0.15, 0.2) is 0 Å². The molecule has 0 aliphatic carbocycles. The van der Waals surface area contributed by atoms with E-state index in [1.807, 2.05) is 54.6 Å². The molecule has 6 heteroatoms. The number of nitrogens with one attached hydrogen (secondary N) is 1. The monoisotopic (exact) mass is 405 g/mol. The molecule has 0 radical (unpaired) electrons. The first-order chi connectivity index (χ1) is 14.1. The molecule has 146 valence electrons. The van der Waals surface area contributed by atoms with Crippen molar-refractivity contribution in [3.05, 3.63) is 95.3 Å². The Bertz CT molecular complexity index is 971. The summed E-state index contributed by atoms with van der Waals surface area (Å²) in [5.41, 5.74) is 2.40. The lowest BCUT2D eigenvalue weighted by Crippen LogP contribution is -2.36. The fraction of sp³-hybridized carbons (Fsp3) is 0.174.